The molecule has 1 heteroatoms. The fraction of sp³-hybridized carbons (Fsp3) is 0.417. The van der Waals surface area contributed by atoms with Gasteiger partial charge in [0, 0.05) is 6.42 Å². The van der Waals surface area contributed by atoms with Crippen LogP contribution < -0.4 is 0 Å². The van der Waals surface area contributed by atoms with E-state index in [9.17, 15) is 0 Å². The molecule has 0 fully saturated rings. The predicted octanol–water partition coefficient (Wildman–Crippen LogP) is 3.40. The maximum Gasteiger partial charge on any atom is 0.0628 e. The Hall–Kier alpha value is -1.29. The maximum absolute atomic E-state index is 8.67. The van der Waals surface area contributed by atoms with Crippen LogP contribution >= 0.6 is 0 Å². The first-order valence-corrected chi connectivity index (χ1v) is 4.72. The summed E-state index contributed by atoms with van der Waals surface area (Å²) in [4.78, 5) is 0. The molecule has 1 aromatic rings. The van der Waals surface area contributed by atoms with E-state index < -0.39 is 0 Å². The Balaban J connectivity index is 2.92. The minimum atomic E-state index is 0.409. The molecule has 1 rings (SSSR count). The van der Waals surface area contributed by atoms with Crippen LogP contribution in [0, 0.1) is 18.3 Å². The van der Waals surface area contributed by atoms with Crippen molar-refractivity contribution in [3.8, 4) is 6.07 Å². The highest BCUT2D eigenvalue weighted by molar-refractivity contribution is 5.29. The van der Waals surface area contributed by atoms with Crippen LogP contribution in [-0.4, -0.2) is 0 Å². The molecule has 1 nitrogen and oxygen atoms in total. The molecule has 0 N–H and O–H groups in total. The number of aryl methyl sites for hydroxylation is 1. The van der Waals surface area contributed by atoms with Crippen LogP contribution in [-0.2, 0) is 0 Å². The normalized spacial score (nSPS) is 12.1. The lowest BCUT2D eigenvalue weighted by atomic mass is 9.90. The second-order valence-electron chi connectivity index (χ2n) is 3.32. The van der Waals surface area contributed by atoms with E-state index in [2.05, 4.69) is 32.0 Å². The van der Waals surface area contributed by atoms with Crippen LogP contribution in [0.5, 0.6) is 0 Å². The van der Waals surface area contributed by atoms with Gasteiger partial charge in [-0.3, -0.25) is 0 Å². The summed E-state index contributed by atoms with van der Waals surface area (Å²) in [5, 5.41) is 8.67. The second-order valence-corrected chi connectivity index (χ2v) is 3.32. The summed E-state index contributed by atoms with van der Waals surface area (Å²) in [6.45, 7) is 4.24. The predicted molar refractivity (Wildman–Crippen MR) is 54.4 cm³/mol. The largest absolute Gasteiger partial charge is 0.198 e. The highest BCUT2D eigenvalue weighted by atomic mass is 14.3. The first-order valence-electron chi connectivity index (χ1n) is 4.72. The zero-order chi connectivity index (χ0) is 9.68. The SMILES string of the molecule is CCC(CC#N)c1ccccc1C. The molecule has 0 heterocycles. The Morgan fingerprint density at radius 1 is 1.38 bits per heavy atom. The fourth-order valence-corrected chi connectivity index (χ4v) is 1.63. The molecule has 0 aliphatic rings. The third-order valence-corrected chi connectivity index (χ3v) is 2.46. The van der Waals surface area contributed by atoms with Crippen molar-refractivity contribution in [2.24, 2.45) is 0 Å². The van der Waals surface area contributed by atoms with Crippen molar-refractivity contribution in [3.63, 3.8) is 0 Å². The monoisotopic (exact) mass is 173 g/mol. The minimum Gasteiger partial charge on any atom is -0.198 e. The highest BCUT2D eigenvalue weighted by Crippen LogP contribution is 2.25. The number of hydrogen-bond donors (Lipinski definition) is 0. The number of nitriles is 1. The van der Waals surface area contributed by atoms with Gasteiger partial charge in [-0.15, -0.1) is 0 Å². The summed E-state index contributed by atoms with van der Waals surface area (Å²) in [5.41, 5.74) is 2.62. The van der Waals surface area contributed by atoms with Crippen LogP contribution in [0.3, 0.4) is 0 Å². The zero-order valence-electron chi connectivity index (χ0n) is 8.25. The van der Waals surface area contributed by atoms with Crippen molar-refractivity contribution in [3.05, 3.63) is 35.4 Å². The summed E-state index contributed by atoms with van der Waals surface area (Å²) >= 11 is 0. The van der Waals surface area contributed by atoms with E-state index in [-0.39, 0.29) is 0 Å². The van der Waals surface area contributed by atoms with E-state index in [1.54, 1.807) is 0 Å². The van der Waals surface area contributed by atoms with Crippen molar-refractivity contribution < 1.29 is 0 Å². The van der Waals surface area contributed by atoms with Crippen molar-refractivity contribution in [1.82, 2.24) is 0 Å². The van der Waals surface area contributed by atoms with Gasteiger partial charge in [-0.2, -0.15) is 5.26 Å². The van der Waals surface area contributed by atoms with E-state index in [1.807, 2.05) is 12.1 Å². The fourth-order valence-electron chi connectivity index (χ4n) is 1.63. The number of rotatable bonds is 3. The van der Waals surface area contributed by atoms with Crippen molar-refractivity contribution in [2.45, 2.75) is 32.6 Å². The lowest BCUT2D eigenvalue weighted by molar-refractivity contribution is 0.676. The summed E-state index contributed by atoms with van der Waals surface area (Å²) in [7, 11) is 0. The third kappa shape index (κ3) is 2.32. The number of nitrogens with zero attached hydrogens (tertiary/aromatic N) is 1. The van der Waals surface area contributed by atoms with Crippen LogP contribution in [0.25, 0.3) is 0 Å². The summed E-state index contributed by atoms with van der Waals surface area (Å²) < 4.78 is 0. The van der Waals surface area contributed by atoms with E-state index in [0.29, 0.717) is 12.3 Å². The lowest BCUT2D eigenvalue weighted by Gasteiger charge is -2.13. The first-order chi connectivity index (χ1) is 6.29. The summed E-state index contributed by atoms with van der Waals surface area (Å²) in [6, 6.07) is 10.6. The minimum absolute atomic E-state index is 0.409. The second kappa shape index (κ2) is 4.67. The molecule has 1 aromatic carbocycles. The molecule has 68 valence electrons. The van der Waals surface area contributed by atoms with Gasteiger partial charge >= 0.3 is 0 Å². The van der Waals surface area contributed by atoms with Gasteiger partial charge < -0.3 is 0 Å². The van der Waals surface area contributed by atoms with Gasteiger partial charge in [0.15, 0.2) is 0 Å². The number of benzene rings is 1. The van der Waals surface area contributed by atoms with Crippen LogP contribution in [0.2, 0.25) is 0 Å². The molecule has 0 amide bonds. The van der Waals surface area contributed by atoms with Gasteiger partial charge in [0.05, 0.1) is 6.07 Å². The molecule has 13 heavy (non-hydrogen) atoms. The standard InChI is InChI=1S/C12H15N/c1-3-11(8-9-13)12-7-5-4-6-10(12)2/h4-7,11H,3,8H2,1-2H3. The molecule has 1 unspecified atom stereocenters. The van der Waals surface area contributed by atoms with Crippen LogP contribution in [0.15, 0.2) is 24.3 Å². The first kappa shape index (κ1) is 9.80. The molecule has 0 bridgehead atoms. The van der Waals surface area contributed by atoms with Gasteiger partial charge in [0.25, 0.3) is 0 Å². The average Bonchev–Trinajstić information content (AvgIpc) is 2.16. The van der Waals surface area contributed by atoms with E-state index in [4.69, 9.17) is 5.26 Å². The van der Waals surface area contributed by atoms with Crippen LogP contribution in [0.1, 0.15) is 36.8 Å². The quantitative estimate of drug-likeness (QED) is 0.687. The molecule has 0 radical (unpaired) electrons. The summed E-state index contributed by atoms with van der Waals surface area (Å²) in [5.74, 6) is 0.409. The molecule has 1 atom stereocenters. The van der Waals surface area contributed by atoms with Gasteiger partial charge in [-0.05, 0) is 30.4 Å². The van der Waals surface area contributed by atoms with Crippen LogP contribution in [0.4, 0.5) is 0 Å². The molecule has 0 saturated heterocycles. The third-order valence-electron chi connectivity index (χ3n) is 2.46. The van der Waals surface area contributed by atoms with Crippen molar-refractivity contribution in [1.29, 1.82) is 5.26 Å². The number of hydrogen-bond acceptors (Lipinski definition) is 1. The maximum atomic E-state index is 8.67. The van der Waals surface area contributed by atoms with Gasteiger partial charge in [0.1, 0.15) is 0 Å². The van der Waals surface area contributed by atoms with E-state index >= 15 is 0 Å². The molecule has 0 saturated carbocycles. The Morgan fingerprint density at radius 3 is 2.62 bits per heavy atom. The Bertz CT molecular complexity index is 309. The Labute approximate surface area is 80.0 Å². The molecule has 0 aliphatic heterocycles. The smallest absolute Gasteiger partial charge is 0.0628 e. The van der Waals surface area contributed by atoms with E-state index in [1.165, 1.54) is 11.1 Å². The molecular weight excluding hydrogens is 158 g/mol. The molecular formula is C12H15N. The van der Waals surface area contributed by atoms with Gasteiger partial charge in [0.2, 0.25) is 0 Å². The topological polar surface area (TPSA) is 23.8 Å². The summed E-state index contributed by atoms with van der Waals surface area (Å²) in [6.07, 6.45) is 1.67. The molecule has 0 aliphatic carbocycles. The van der Waals surface area contributed by atoms with Crippen molar-refractivity contribution >= 4 is 0 Å². The van der Waals surface area contributed by atoms with E-state index in [0.717, 1.165) is 6.42 Å². The highest BCUT2D eigenvalue weighted by Gasteiger charge is 2.09. The van der Waals surface area contributed by atoms with Gasteiger partial charge in [-0.1, -0.05) is 31.2 Å². The Morgan fingerprint density at radius 2 is 2.08 bits per heavy atom. The van der Waals surface area contributed by atoms with Gasteiger partial charge in [-0.25, -0.2) is 0 Å². The Kier molecular flexibility index (Phi) is 3.52. The van der Waals surface area contributed by atoms with Crippen molar-refractivity contribution in [2.75, 3.05) is 0 Å². The average molecular weight is 173 g/mol. The molecule has 0 spiro atoms. The molecule has 0 aromatic heterocycles. The lowest BCUT2D eigenvalue weighted by Crippen LogP contribution is -1.98. The zero-order valence-corrected chi connectivity index (χ0v) is 8.25.